The Kier molecular flexibility index (Phi) is 3.96. The van der Waals surface area contributed by atoms with Crippen LogP contribution in [0, 0.1) is 0 Å². The second kappa shape index (κ2) is 6.41. The Morgan fingerprint density at radius 1 is 1.04 bits per heavy atom. The maximum Gasteiger partial charge on any atom is 0.299 e. The minimum absolute atomic E-state index is 0.651. The maximum absolute atomic E-state index is 4.06. The van der Waals surface area contributed by atoms with Crippen LogP contribution in [0.25, 0.3) is 16.6 Å². The number of hydrogen-bond acceptors (Lipinski definition) is 3. The fourth-order valence-electron chi connectivity index (χ4n) is 2.65. The van der Waals surface area contributed by atoms with E-state index in [-0.39, 0.29) is 0 Å². The number of hydrogen-bond donors (Lipinski definition) is 2. The quantitative estimate of drug-likeness (QED) is 0.532. The molecule has 0 aliphatic rings. The van der Waals surface area contributed by atoms with Gasteiger partial charge < -0.3 is 0 Å². The first-order valence-electron chi connectivity index (χ1n) is 7.57. The van der Waals surface area contributed by atoms with E-state index in [4.69, 9.17) is 0 Å². The molecule has 1 aromatic carbocycles. The number of H-pyrrole nitrogens is 1. The van der Waals surface area contributed by atoms with Crippen LogP contribution >= 0.6 is 15.9 Å². The van der Waals surface area contributed by atoms with Crippen molar-refractivity contribution in [1.29, 1.82) is 0 Å². The van der Waals surface area contributed by atoms with Crippen LogP contribution in [0.4, 0.5) is 5.82 Å². The van der Waals surface area contributed by atoms with E-state index in [0.717, 1.165) is 26.9 Å². The van der Waals surface area contributed by atoms with Gasteiger partial charge in [-0.3, -0.25) is 5.32 Å². The molecule has 0 aliphatic carbocycles. The lowest BCUT2D eigenvalue weighted by atomic mass is 10.1. The predicted molar refractivity (Wildman–Crippen MR) is 96.4 cm³/mol. The Bertz CT molecular complexity index is 967. The summed E-state index contributed by atoms with van der Waals surface area (Å²) in [7, 11) is 0. The molecule has 0 unspecified atom stereocenters. The van der Waals surface area contributed by atoms with Gasteiger partial charge in [0.1, 0.15) is 12.9 Å². The lowest BCUT2D eigenvalue weighted by Gasteiger charge is -2.05. The van der Waals surface area contributed by atoms with Gasteiger partial charge in [-0.05, 0) is 33.1 Å². The number of halogens is 1. The van der Waals surface area contributed by atoms with Crippen LogP contribution in [-0.4, -0.2) is 15.1 Å². The van der Waals surface area contributed by atoms with Gasteiger partial charge in [-0.1, -0.05) is 30.3 Å². The van der Waals surface area contributed by atoms with Crippen molar-refractivity contribution in [2.24, 2.45) is 0 Å². The molecule has 4 aromatic rings. The van der Waals surface area contributed by atoms with Gasteiger partial charge in [-0.15, -0.1) is 4.52 Å². The van der Waals surface area contributed by atoms with Crippen molar-refractivity contribution < 1.29 is 4.52 Å². The van der Waals surface area contributed by atoms with Gasteiger partial charge in [0.15, 0.2) is 5.52 Å². The highest BCUT2D eigenvalue weighted by Gasteiger charge is 2.15. The Morgan fingerprint density at radius 3 is 2.62 bits per heavy atom. The lowest BCUT2D eigenvalue weighted by Crippen LogP contribution is -2.28. The smallest absolute Gasteiger partial charge is 0.268 e. The molecule has 5 nitrogen and oxygen atoms in total. The molecule has 6 heteroatoms. The van der Waals surface area contributed by atoms with Crippen LogP contribution in [0.1, 0.15) is 5.56 Å². The molecular formula is C18H15BrN5+. The Hall–Kier alpha value is -2.73. The topological polar surface area (TPSA) is 57.7 Å². The first-order chi connectivity index (χ1) is 11.8. The van der Waals surface area contributed by atoms with Gasteiger partial charge in [0, 0.05) is 24.0 Å². The maximum atomic E-state index is 4.06. The molecule has 0 bridgehead atoms. The fourth-order valence-corrected chi connectivity index (χ4v) is 3.04. The number of benzene rings is 1. The number of nitrogens with zero attached hydrogens (tertiary/aromatic N) is 3. The largest absolute Gasteiger partial charge is 0.299 e. The van der Waals surface area contributed by atoms with E-state index in [1.807, 2.05) is 41.3 Å². The fraction of sp³-hybridized carbons (Fsp3) is 0.0556. The molecule has 0 radical (unpaired) electrons. The van der Waals surface area contributed by atoms with Gasteiger partial charge in [0.25, 0.3) is 5.82 Å². The normalized spacial score (nSPS) is 10.9. The van der Waals surface area contributed by atoms with E-state index < -0.39 is 0 Å². The molecule has 3 aromatic heterocycles. The number of fused-ring (bicyclic) bond motifs is 1. The molecule has 0 spiro atoms. The van der Waals surface area contributed by atoms with Crippen LogP contribution in [-0.2, 0) is 6.54 Å². The minimum Gasteiger partial charge on any atom is -0.268 e. The zero-order chi connectivity index (χ0) is 16.4. The molecule has 4 rings (SSSR count). The molecule has 0 saturated heterocycles. The summed E-state index contributed by atoms with van der Waals surface area (Å²) in [5.41, 5.74) is 4.44. The van der Waals surface area contributed by atoms with Crippen molar-refractivity contribution in [3.05, 3.63) is 77.4 Å². The monoisotopic (exact) mass is 380 g/mol. The van der Waals surface area contributed by atoms with Crippen molar-refractivity contribution in [3.63, 3.8) is 0 Å². The predicted octanol–water partition coefficient (Wildman–Crippen LogP) is 3.59. The van der Waals surface area contributed by atoms with Gasteiger partial charge in [-0.2, -0.15) is 0 Å². The van der Waals surface area contributed by atoms with Crippen LogP contribution in [0.5, 0.6) is 0 Å². The third-order valence-corrected chi connectivity index (χ3v) is 4.46. The number of aromatic nitrogens is 4. The highest BCUT2D eigenvalue weighted by atomic mass is 79.9. The lowest BCUT2D eigenvalue weighted by molar-refractivity contribution is -0.561. The molecule has 3 heterocycles. The third-order valence-electron chi connectivity index (χ3n) is 3.83. The number of pyridine rings is 1. The van der Waals surface area contributed by atoms with Crippen molar-refractivity contribution >= 4 is 27.3 Å². The molecule has 118 valence electrons. The first-order valence-corrected chi connectivity index (χ1v) is 8.36. The van der Waals surface area contributed by atoms with E-state index >= 15 is 0 Å². The molecule has 0 aliphatic heterocycles. The molecule has 2 N–H and O–H groups in total. The van der Waals surface area contributed by atoms with Crippen molar-refractivity contribution in [3.8, 4) is 11.1 Å². The molecule has 0 fully saturated rings. The zero-order valence-electron chi connectivity index (χ0n) is 12.8. The summed E-state index contributed by atoms with van der Waals surface area (Å²) in [5, 5.41) is 6.71. The summed E-state index contributed by atoms with van der Waals surface area (Å²) in [4.78, 5) is 8.11. The second-order valence-electron chi connectivity index (χ2n) is 5.44. The van der Waals surface area contributed by atoms with Crippen molar-refractivity contribution in [1.82, 2.24) is 15.1 Å². The zero-order valence-corrected chi connectivity index (χ0v) is 14.4. The van der Waals surface area contributed by atoms with E-state index in [1.165, 1.54) is 11.9 Å². The standard InChI is InChI=1S/C18H14BrN5/c19-16-11-23-24-17(16)6-15(14-4-2-1-3-5-14)7-18(24)22-10-13-8-20-12-21-9-13/h1-9,11-12H,10H2,(H,22,23)/p+1. The van der Waals surface area contributed by atoms with Crippen LogP contribution < -0.4 is 9.83 Å². The Morgan fingerprint density at radius 2 is 1.83 bits per heavy atom. The first kappa shape index (κ1) is 14.8. The summed E-state index contributed by atoms with van der Waals surface area (Å²) in [6.45, 7) is 0.651. The van der Waals surface area contributed by atoms with Gasteiger partial charge in [0.2, 0.25) is 0 Å². The summed E-state index contributed by atoms with van der Waals surface area (Å²) in [6, 6.07) is 14.6. The molecule has 0 amide bonds. The van der Waals surface area contributed by atoms with E-state index in [0.29, 0.717) is 6.54 Å². The van der Waals surface area contributed by atoms with Crippen LogP contribution in [0.2, 0.25) is 0 Å². The summed E-state index contributed by atoms with van der Waals surface area (Å²) in [6.07, 6.45) is 7.09. The number of aromatic amines is 1. The minimum atomic E-state index is 0.651. The molecule has 0 saturated carbocycles. The second-order valence-corrected chi connectivity index (χ2v) is 6.29. The SMILES string of the molecule is Brc1c[nH][n+]2c(NCc3cncnc3)cc(-c3ccccc3)cc12. The molecule has 24 heavy (non-hydrogen) atoms. The number of nitrogens with one attached hydrogen (secondary N) is 2. The highest BCUT2D eigenvalue weighted by molar-refractivity contribution is 9.10. The Balaban J connectivity index is 1.76. The van der Waals surface area contributed by atoms with E-state index in [9.17, 15) is 0 Å². The average Bonchev–Trinajstić information content (AvgIpc) is 3.02. The highest BCUT2D eigenvalue weighted by Crippen LogP contribution is 2.25. The van der Waals surface area contributed by atoms with Crippen molar-refractivity contribution in [2.45, 2.75) is 6.54 Å². The summed E-state index contributed by atoms with van der Waals surface area (Å²) >= 11 is 3.60. The summed E-state index contributed by atoms with van der Waals surface area (Å²) < 4.78 is 3.03. The van der Waals surface area contributed by atoms with E-state index in [2.05, 4.69) is 60.6 Å². The van der Waals surface area contributed by atoms with Crippen LogP contribution in [0.3, 0.4) is 0 Å². The average molecular weight is 381 g/mol. The Labute approximate surface area is 147 Å². The molecule has 0 atom stereocenters. The molecular weight excluding hydrogens is 366 g/mol. The number of anilines is 1. The van der Waals surface area contributed by atoms with Crippen LogP contribution in [0.15, 0.2) is 71.9 Å². The van der Waals surface area contributed by atoms with Crippen molar-refractivity contribution in [2.75, 3.05) is 5.32 Å². The van der Waals surface area contributed by atoms with Gasteiger partial charge >= 0.3 is 0 Å². The third kappa shape index (κ3) is 2.88. The van der Waals surface area contributed by atoms with Gasteiger partial charge in [-0.25, -0.2) is 15.1 Å². The number of rotatable bonds is 4. The van der Waals surface area contributed by atoms with E-state index in [1.54, 1.807) is 0 Å². The van der Waals surface area contributed by atoms with Gasteiger partial charge in [0.05, 0.1) is 10.7 Å². The summed E-state index contributed by atoms with van der Waals surface area (Å²) in [5.74, 6) is 0.973.